The number of esters is 1. The predicted molar refractivity (Wildman–Crippen MR) is 134 cm³/mol. The lowest BCUT2D eigenvalue weighted by molar-refractivity contribution is -0.155. The molecule has 1 aromatic carbocycles. The van der Waals surface area contributed by atoms with Crippen LogP contribution in [-0.4, -0.2) is 57.7 Å². The van der Waals surface area contributed by atoms with Crippen molar-refractivity contribution in [1.82, 2.24) is 25.8 Å². The van der Waals surface area contributed by atoms with Crippen LogP contribution < -0.4 is 15.4 Å². The summed E-state index contributed by atoms with van der Waals surface area (Å²) in [7, 11) is -0.411. The number of aromatic amines is 1. The van der Waals surface area contributed by atoms with Crippen LogP contribution in [0.15, 0.2) is 30.5 Å². The topological polar surface area (TPSA) is 135 Å². The van der Waals surface area contributed by atoms with E-state index < -0.39 is 30.6 Å². The van der Waals surface area contributed by atoms with Crippen molar-refractivity contribution in [3.8, 4) is 17.0 Å². The molecular formula is C26H31N5O5. The lowest BCUT2D eigenvalue weighted by atomic mass is 10.0. The summed E-state index contributed by atoms with van der Waals surface area (Å²) in [5.74, 6) is -1.11. The molecule has 2 aromatic heterocycles. The molecule has 0 radical (unpaired) electrons. The van der Waals surface area contributed by atoms with Crippen LogP contribution in [0.5, 0.6) is 5.88 Å². The number of fused-ring (bicyclic) bond motifs is 1. The van der Waals surface area contributed by atoms with E-state index in [2.05, 4.69) is 25.8 Å². The van der Waals surface area contributed by atoms with Gasteiger partial charge in [0.1, 0.15) is 11.2 Å². The highest BCUT2D eigenvalue weighted by molar-refractivity contribution is 6.05. The SMILES string of the molecule is [2H]COc1ncc(-c2ccc3c(C(=O)NC4CC4)n[nH]c3c2)cc1C(=O)N[C@H](C)CC(=O)OC(C)(C)C. The summed E-state index contributed by atoms with van der Waals surface area (Å²) in [6.45, 7) is 7.04. The van der Waals surface area contributed by atoms with Gasteiger partial charge in [0.05, 0.1) is 20.4 Å². The number of amides is 2. The van der Waals surface area contributed by atoms with Gasteiger partial charge in [-0.3, -0.25) is 19.5 Å². The first-order chi connectivity index (χ1) is 17.5. The van der Waals surface area contributed by atoms with Crippen LogP contribution in [0.25, 0.3) is 22.0 Å². The highest BCUT2D eigenvalue weighted by Crippen LogP contribution is 2.28. The molecule has 1 atom stereocenters. The fourth-order valence-corrected chi connectivity index (χ4v) is 3.73. The normalized spacial score (nSPS) is 14.6. The van der Waals surface area contributed by atoms with Crippen LogP contribution >= 0.6 is 0 Å². The number of H-pyrrole nitrogens is 1. The number of nitrogens with zero attached hydrogens (tertiary/aromatic N) is 2. The minimum Gasteiger partial charge on any atom is -0.480 e. The minimum atomic E-state index is -0.619. The van der Waals surface area contributed by atoms with Crippen molar-refractivity contribution < 1.29 is 25.2 Å². The number of methoxy groups -OCH3 is 1. The van der Waals surface area contributed by atoms with Gasteiger partial charge in [-0.15, -0.1) is 0 Å². The van der Waals surface area contributed by atoms with E-state index in [0.29, 0.717) is 22.2 Å². The molecule has 10 heteroatoms. The molecule has 0 aliphatic heterocycles. The van der Waals surface area contributed by atoms with Crippen molar-refractivity contribution in [3.05, 3.63) is 41.7 Å². The summed E-state index contributed by atoms with van der Waals surface area (Å²) in [5, 5.41) is 13.5. The molecule has 3 aromatic rings. The molecular weight excluding hydrogens is 462 g/mol. The molecule has 1 fully saturated rings. The second-order valence-electron chi connectivity index (χ2n) is 9.97. The molecule has 1 saturated carbocycles. The maximum absolute atomic E-state index is 13.1. The average Bonchev–Trinajstić information content (AvgIpc) is 3.52. The van der Waals surface area contributed by atoms with Gasteiger partial charge in [-0.1, -0.05) is 6.07 Å². The van der Waals surface area contributed by atoms with Gasteiger partial charge >= 0.3 is 5.97 Å². The predicted octanol–water partition coefficient (Wildman–Crippen LogP) is 3.38. The molecule has 36 heavy (non-hydrogen) atoms. The van der Waals surface area contributed by atoms with E-state index in [-0.39, 0.29) is 29.8 Å². The fourth-order valence-electron chi connectivity index (χ4n) is 3.73. The van der Waals surface area contributed by atoms with Crippen molar-refractivity contribution in [2.75, 3.05) is 7.09 Å². The zero-order valence-electron chi connectivity index (χ0n) is 21.8. The van der Waals surface area contributed by atoms with Crippen LogP contribution in [0.4, 0.5) is 0 Å². The molecule has 2 amide bonds. The summed E-state index contributed by atoms with van der Waals surface area (Å²) < 4.78 is 18.0. The molecule has 4 rings (SSSR count). The highest BCUT2D eigenvalue weighted by Gasteiger charge is 2.26. The van der Waals surface area contributed by atoms with Crippen molar-refractivity contribution in [1.29, 1.82) is 0 Å². The lowest BCUT2D eigenvalue weighted by Gasteiger charge is -2.21. The van der Waals surface area contributed by atoms with E-state index in [1.807, 2.05) is 12.1 Å². The average molecular weight is 495 g/mol. The van der Waals surface area contributed by atoms with E-state index in [0.717, 1.165) is 18.4 Å². The Morgan fingerprint density at radius 3 is 2.67 bits per heavy atom. The molecule has 0 unspecified atom stereocenters. The zero-order chi connectivity index (χ0) is 26.7. The second-order valence-corrected chi connectivity index (χ2v) is 9.97. The standard InChI is InChI=1S/C26H31N5O5/c1-14(10-21(32)36-26(2,3)4)28-23(33)19-11-16(13-27-25(19)35-5)15-6-9-18-20(12-15)30-31-22(18)24(34)29-17-7-8-17/h6,9,11-14,17H,7-8,10H2,1-5H3,(H,28,33)(H,29,34)(H,30,31)/t14-/m1/s1/i5D. The van der Waals surface area contributed by atoms with Gasteiger partial charge < -0.3 is 20.1 Å². The minimum absolute atomic E-state index is 0.00207. The first kappa shape index (κ1) is 23.8. The number of rotatable bonds is 8. The molecule has 0 saturated heterocycles. The summed E-state index contributed by atoms with van der Waals surface area (Å²) in [4.78, 5) is 41.9. The summed E-state index contributed by atoms with van der Waals surface area (Å²) in [5.41, 5.74) is 1.89. The highest BCUT2D eigenvalue weighted by atomic mass is 16.6. The third-order valence-corrected chi connectivity index (χ3v) is 5.53. The second kappa shape index (κ2) is 9.96. The monoisotopic (exact) mass is 494 g/mol. The number of hydrogen-bond donors (Lipinski definition) is 3. The summed E-state index contributed by atoms with van der Waals surface area (Å²) in [6, 6.07) is 6.78. The Kier molecular flexibility index (Phi) is 6.58. The first-order valence-corrected chi connectivity index (χ1v) is 11.8. The largest absolute Gasteiger partial charge is 0.480 e. The van der Waals surface area contributed by atoms with Crippen LogP contribution in [0.3, 0.4) is 0 Å². The number of nitrogens with one attached hydrogen (secondary N) is 3. The van der Waals surface area contributed by atoms with Crippen LogP contribution in [0, 0.1) is 0 Å². The lowest BCUT2D eigenvalue weighted by Crippen LogP contribution is -2.36. The van der Waals surface area contributed by atoms with Gasteiger partial charge in [-0.2, -0.15) is 5.10 Å². The fraction of sp³-hybridized carbons (Fsp3) is 0.423. The Hall–Kier alpha value is -3.95. The summed E-state index contributed by atoms with van der Waals surface area (Å²) in [6.07, 6.45) is 3.52. The molecule has 1 aliphatic rings. The number of carbonyl (C=O) groups is 3. The third-order valence-electron chi connectivity index (χ3n) is 5.53. The van der Waals surface area contributed by atoms with E-state index in [1.54, 1.807) is 46.0 Å². The maximum Gasteiger partial charge on any atom is 0.308 e. The summed E-state index contributed by atoms with van der Waals surface area (Å²) >= 11 is 0. The molecule has 0 spiro atoms. The van der Waals surface area contributed by atoms with Gasteiger partial charge in [0, 0.05) is 29.2 Å². The Labute approximate surface area is 210 Å². The van der Waals surface area contributed by atoms with Crippen LogP contribution in [-0.2, 0) is 9.53 Å². The zero-order valence-corrected chi connectivity index (χ0v) is 20.8. The maximum atomic E-state index is 13.1. The van der Waals surface area contributed by atoms with Gasteiger partial charge in [0.2, 0.25) is 5.88 Å². The quantitative estimate of drug-likeness (QED) is 0.409. The van der Waals surface area contributed by atoms with Gasteiger partial charge in [-0.05, 0) is 64.3 Å². The van der Waals surface area contributed by atoms with Gasteiger partial charge in [-0.25, -0.2) is 4.98 Å². The number of benzene rings is 1. The molecule has 190 valence electrons. The molecule has 1 aliphatic carbocycles. The molecule has 3 N–H and O–H groups in total. The smallest absolute Gasteiger partial charge is 0.308 e. The van der Waals surface area contributed by atoms with Gasteiger partial charge in [0.15, 0.2) is 5.69 Å². The van der Waals surface area contributed by atoms with E-state index in [4.69, 9.17) is 10.8 Å². The van der Waals surface area contributed by atoms with E-state index in [1.165, 1.54) is 0 Å². The third kappa shape index (κ3) is 5.99. The number of carbonyl (C=O) groups excluding carboxylic acids is 3. The molecule has 2 heterocycles. The number of hydrogen-bond acceptors (Lipinski definition) is 7. The number of ether oxygens (including phenoxy) is 2. The van der Waals surface area contributed by atoms with E-state index >= 15 is 0 Å². The van der Waals surface area contributed by atoms with E-state index in [9.17, 15) is 14.4 Å². The Morgan fingerprint density at radius 2 is 1.97 bits per heavy atom. The van der Waals surface area contributed by atoms with Crippen molar-refractivity contribution >= 4 is 28.7 Å². The molecule has 0 bridgehead atoms. The van der Waals surface area contributed by atoms with Crippen molar-refractivity contribution in [3.63, 3.8) is 0 Å². The Morgan fingerprint density at radius 1 is 1.19 bits per heavy atom. The Bertz CT molecular complexity index is 1330. The Balaban J connectivity index is 1.54. The number of aromatic nitrogens is 3. The molecule has 10 nitrogen and oxygen atoms in total. The first-order valence-electron chi connectivity index (χ1n) is 12.5. The number of pyridine rings is 1. The van der Waals surface area contributed by atoms with Crippen molar-refractivity contribution in [2.45, 2.75) is 64.6 Å². The van der Waals surface area contributed by atoms with Crippen LogP contribution in [0.2, 0.25) is 0 Å². The van der Waals surface area contributed by atoms with Crippen molar-refractivity contribution in [2.24, 2.45) is 0 Å². The van der Waals surface area contributed by atoms with Gasteiger partial charge in [0.25, 0.3) is 11.8 Å². The van der Waals surface area contributed by atoms with Crippen LogP contribution in [0.1, 0.15) is 69.2 Å².